The molecular weight excluding hydrogens is 266 g/mol. The first-order chi connectivity index (χ1) is 6.83. The second-order valence-corrected chi connectivity index (χ2v) is 4.10. The van der Waals surface area contributed by atoms with E-state index in [1.165, 1.54) is 11.3 Å². The average Bonchev–Trinajstić information content (AvgIpc) is 2.80. The van der Waals surface area contributed by atoms with Crippen LogP contribution in [0.4, 0.5) is 0 Å². The Balaban J connectivity index is 2.36. The fraction of sp³-hybridized carbons (Fsp3) is 0.125. The molecule has 0 aliphatic rings. The minimum absolute atomic E-state index is 0.130. The Morgan fingerprint density at radius 1 is 1.64 bits per heavy atom. The molecule has 6 heteroatoms. The monoisotopic (exact) mass is 273 g/mol. The van der Waals surface area contributed by atoms with Gasteiger partial charge >= 0.3 is 0 Å². The third-order valence-corrected chi connectivity index (χ3v) is 3.12. The van der Waals surface area contributed by atoms with Crippen LogP contribution >= 0.6 is 27.3 Å². The molecule has 1 atom stereocenters. The van der Waals surface area contributed by atoms with Crippen LogP contribution in [0.2, 0.25) is 0 Å². The molecule has 0 aromatic carbocycles. The molecule has 0 saturated heterocycles. The van der Waals surface area contributed by atoms with Gasteiger partial charge in [0.05, 0.1) is 23.5 Å². The number of hydrogen-bond acceptors (Lipinski definition) is 5. The van der Waals surface area contributed by atoms with Crippen LogP contribution < -0.4 is 11.3 Å². The first kappa shape index (κ1) is 9.85. The summed E-state index contributed by atoms with van der Waals surface area (Å²) in [4.78, 5) is 4.20. The molecule has 74 valence electrons. The van der Waals surface area contributed by atoms with Crippen molar-refractivity contribution in [1.29, 1.82) is 0 Å². The van der Waals surface area contributed by atoms with Crippen LogP contribution in [0.5, 0.6) is 0 Å². The van der Waals surface area contributed by atoms with E-state index in [9.17, 15) is 0 Å². The van der Waals surface area contributed by atoms with Gasteiger partial charge < -0.3 is 4.42 Å². The van der Waals surface area contributed by atoms with Crippen molar-refractivity contribution in [3.63, 3.8) is 0 Å². The number of nitrogens with one attached hydrogen (secondary N) is 1. The summed E-state index contributed by atoms with van der Waals surface area (Å²) < 4.78 is 5.82. The van der Waals surface area contributed by atoms with E-state index in [-0.39, 0.29) is 6.04 Å². The number of thiazole rings is 1. The summed E-state index contributed by atoms with van der Waals surface area (Å²) >= 11 is 4.84. The summed E-state index contributed by atoms with van der Waals surface area (Å²) in [6, 6.07) is 1.72. The molecule has 0 bridgehead atoms. The normalized spacial score (nSPS) is 13.0. The van der Waals surface area contributed by atoms with Crippen molar-refractivity contribution in [1.82, 2.24) is 10.4 Å². The molecule has 14 heavy (non-hydrogen) atoms. The van der Waals surface area contributed by atoms with Gasteiger partial charge in [0.2, 0.25) is 0 Å². The molecule has 0 spiro atoms. The first-order valence-corrected chi connectivity index (χ1v) is 5.63. The number of aromatic nitrogens is 1. The fourth-order valence-corrected chi connectivity index (χ4v) is 2.26. The summed E-state index contributed by atoms with van der Waals surface area (Å²) in [6.07, 6.45) is 1.61. The van der Waals surface area contributed by atoms with Gasteiger partial charge in [0.25, 0.3) is 0 Å². The molecule has 2 rings (SSSR count). The largest absolute Gasteiger partial charge is 0.457 e. The fourth-order valence-electron chi connectivity index (χ4n) is 1.21. The smallest absolute Gasteiger partial charge is 0.174 e. The van der Waals surface area contributed by atoms with Gasteiger partial charge in [-0.1, -0.05) is 0 Å². The Bertz CT molecular complexity index is 400. The van der Waals surface area contributed by atoms with E-state index in [1.54, 1.807) is 11.8 Å². The van der Waals surface area contributed by atoms with Crippen LogP contribution in [0.15, 0.2) is 32.3 Å². The lowest BCUT2D eigenvalue weighted by Gasteiger charge is -2.11. The van der Waals surface area contributed by atoms with Crippen molar-refractivity contribution in [2.45, 2.75) is 6.04 Å². The number of halogens is 1. The van der Waals surface area contributed by atoms with Crippen molar-refractivity contribution >= 4 is 27.3 Å². The van der Waals surface area contributed by atoms with E-state index in [2.05, 4.69) is 26.3 Å². The zero-order valence-corrected chi connectivity index (χ0v) is 9.51. The van der Waals surface area contributed by atoms with Crippen molar-refractivity contribution in [3.05, 3.63) is 39.1 Å². The topological polar surface area (TPSA) is 64.1 Å². The molecule has 0 aliphatic heterocycles. The Labute approximate surface area is 93.2 Å². The van der Waals surface area contributed by atoms with Crippen LogP contribution in [-0.2, 0) is 0 Å². The highest BCUT2D eigenvalue weighted by atomic mass is 79.9. The van der Waals surface area contributed by atoms with Gasteiger partial charge in [-0.3, -0.25) is 5.84 Å². The zero-order chi connectivity index (χ0) is 9.97. The quantitative estimate of drug-likeness (QED) is 0.664. The molecule has 2 aromatic rings. The Morgan fingerprint density at radius 3 is 3.00 bits per heavy atom. The van der Waals surface area contributed by atoms with Gasteiger partial charge in [0, 0.05) is 10.9 Å². The standard InChI is InChI=1S/C8H8BrN3OS/c9-8-5(1-2-13-8)7(12-10)6-3-14-4-11-6/h1-4,7,12H,10H2. The summed E-state index contributed by atoms with van der Waals surface area (Å²) in [6.45, 7) is 0. The molecule has 0 fully saturated rings. The molecule has 0 radical (unpaired) electrons. The van der Waals surface area contributed by atoms with Crippen LogP contribution in [-0.4, -0.2) is 4.98 Å². The number of nitrogens with zero attached hydrogens (tertiary/aromatic N) is 1. The summed E-state index contributed by atoms with van der Waals surface area (Å²) in [7, 11) is 0. The Morgan fingerprint density at radius 2 is 2.50 bits per heavy atom. The highest BCUT2D eigenvalue weighted by molar-refractivity contribution is 9.10. The number of furan rings is 1. The van der Waals surface area contributed by atoms with E-state index in [4.69, 9.17) is 10.3 Å². The SMILES string of the molecule is NNC(c1cscn1)c1ccoc1Br. The maximum atomic E-state index is 5.48. The molecular formula is C8H8BrN3OS. The predicted octanol–water partition coefficient (Wildman–Crippen LogP) is 2.05. The van der Waals surface area contributed by atoms with Crippen molar-refractivity contribution in [2.75, 3.05) is 0 Å². The van der Waals surface area contributed by atoms with Crippen LogP contribution in [0, 0.1) is 0 Å². The van der Waals surface area contributed by atoms with Crippen LogP contribution in [0.25, 0.3) is 0 Å². The second-order valence-electron chi connectivity index (χ2n) is 2.66. The Hall–Kier alpha value is -0.690. The lowest BCUT2D eigenvalue weighted by molar-refractivity contribution is 0.525. The minimum atomic E-state index is -0.130. The minimum Gasteiger partial charge on any atom is -0.457 e. The summed E-state index contributed by atoms with van der Waals surface area (Å²) in [5.74, 6) is 5.48. The van der Waals surface area contributed by atoms with E-state index in [1.807, 2.05) is 11.4 Å². The van der Waals surface area contributed by atoms with Crippen molar-refractivity contribution < 1.29 is 4.42 Å². The van der Waals surface area contributed by atoms with E-state index in [0.29, 0.717) is 4.67 Å². The highest BCUT2D eigenvalue weighted by Gasteiger charge is 2.18. The number of rotatable bonds is 3. The maximum absolute atomic E-state index is 5.48. The lowest BCUT2D eigenvalue weighted by Crippen LogP contribution is -2.28. The molecule has 2 aromatic heterocycles. The summed E-state index contributed by atoms with van der Waals surface area (Å²) in [5.41, 5.74) is 6.30. The molecule has 4 nitrogen and oxygen atoms in total. The van der Waals surface area contributed by atoms with Gasteiger partial charge in [-0.15, -0.1) is 11.3 Å². The van der Waals surface area contributed by atoms with Crippen molar-refractivity contribution in [3.8, 4) is 0 Å². The number of nitrogens with two attached hydrogens (primary N) is 1. The van der Waals surface area contributed by atoms with Gasteiger partial charge in [-0.25, -0.2) is 10.4 Å². The third kappa shape index (κ3) is 1.74. The van der Waals surface area contributed by atoms with Gasteiger partial charge in [-0.05, 0) is 22.0 Å². The first-order valence-electron chi connectivity index (χ1n) is 3.90. The molecule has 2 heterocycles. The van der Waals surface area contributed by atoms with Crippen LogP contribution in [0.1, 0.15) is 17.3 Å². The molecule has 0 saturated carbocycles. The van der Waals surface area contributed by atoms with E-state index >= 15 is 0 Å². The van der Waals surface area contributed by atoms with Gasteiger partial charge in [0.1, 0.15) is 0 Å². The number of hydrazine groups is 1. The van der Waals surface area contributed by atoms with Gasteiger partial charge in [0.15, 0.2) is 4.67 Å². The molecule has 0 aliphatic carbocycles. The number of hydrogen-bond donors (Lipinski definition) is 2. The Kier molecular flexibility index (Phi) is 2.97. The zero-order valence-electron chi connectivity index (χ0n) is 7.11. The maximum Gasteiger partial charge on any atom is 0.174 e. The molecule has 3 N–H and O–H groups in total. The predicted molar refractivity (Wildman–Crippen MR) is 57.7 cm³/mol. The highest BCUT2D eigenvalue weighted by Crippen LogP contribution is 2.28. The van der Waals surface area contributed by atoms with Crippen LogP contribution in [0.3, 0.4) is 0 Å². The summed E-state index contributed by atoms with van der Waals surface area (Å²) in [5, 5.41) is 1.95. The average molecular weight is 274 g/mol. The molecule has 1 unspecified atom stereocenters. The van der Waals surface area contributed by atoms with Crippen molar-refractivity contribution in [2.24, 2.45) is 5.84 Å². The second kappa shape index (κ2) is 4.22. The molecule has 0 amide bonds. The third-order valence-electron chi connectivity index (χ3n) is 1.87. The van der Waals surface area contributed by atoms with E-state index < -0.39 is 0 Å². The van der Waals surface area contributed by atoms with Gasteiger partial charge in [-0.2, -0.15) is 0 Å². The van der Waals surface area contributed by atoms with E-state index in [0.717, 1.165) is 11.3 Å². The lowest BCUT2D eigenvalue weighted by atomic mass is 10.1.